The molecule has 1 aliphatic rings. The molecule has 0 unspecified atom stereocenters. The molecule has 10 heteroatoms. The highest BCUT2D eigenvalue weighted by Crippen LogP contribution is 2.46. The molecule has 0 spiro atoms. The van der Waals surface area contributed by atoms with Crippen LogP contribution in [0.1, 0.15) is 32.4 Å². The SMILES string of the molecule is CCOC(OCC)[C@]1(C)Oc2ccc([N+](=O)[O-])cc2[C@@H](n2c(=S)oc3ccccc32)[C@H]1O. The summed E-state index contributed by atoms with van der Waals surface area (Å²) in [5, 5.41) is 23.1. The summed E-state index contributed by atoms with van der Waals surface area (Å²) in [7, 11) is 0. The maximum absolute atomic E-state index is 11.7. The number of rotatable bonds is 7. The topological polar surface area (TPSA) is 109 Å². The van der Waals surface area contributed by atoms with E-state index in [0.29, 0.717) is 35.6 Å². The number of fused-ring (bicyclic) bond motifs is 2. The number of aliphatic hydroxyl groups excluding tert-OH is 1. The Morgan fingerprint density at radius 1 is 1.25 bits per heavy atom. The number of non-ortho nitro benzene ring substituents is 1. The van der Waals surface area contributed by atoms with E-state index in [0.717, 1.165) is 0 Å². The third-order valence-electron chi connectivity index (χ3n) is 5.64. The summed E-state index contributed by atoms with van der Waals surface area (Å²) in [6.45, 7) is 6.00. The summed E-state index contributed by atoms with van der Waals surface area (Å²) < 4.78 is 25.2. The zero-order valence-electron chi connectivity index (χ0n) is 17.9. The minimum atomic E-state index is -1.34. The number of ether oxygens (including phenoxy) is 3. The van der Waals surface area contributed by atoms with Crippen LogP contribution in [0.3, 0.4) is 0 Å². The van der Waals surface area contributed by atoms with E-state index >= 15 is 0 Å². The van der Waals surface area contributed by atoms with E-state index in [4.69, 9.17) is 30.8 Å². The Kier molecular flexibility index (Phi) is 6.04. The molecule has 0 radical (unpaired) electrons. The summed E-state index contributed by atoms with van der Waals surface area (Å²) in [5.41, 5.74) is 0.133. The Labute approximate surface area is 189 Å². The molecule has 0 amide bonds. The molecule has 0 saturated carbocycles. The van der Waals surface area contributed by atoms with Gasteiger partial charge in [-0.1, -0.05) is 12.1 Å². The fraction of sp³-hybridized carbons (Fsp3) is 0.409. The fourth-order valence-electron chi connectivity index (χ4n) is 4.15. The Bertz CT molecular complexity index is 1200. The largest absolute Gasteiger partial charge is 0.479 e. The van der Waals surface area contributed by atoms with Gasteiger partial charge in [-0.15, -0.1) is 0 Å². The van der Waals surface area contributed by atoms with Crippen molar-refractivity contribution in [2.24, 2.45) is 0 Å². The van der Waals surface area contributed by atoms with Crippen molar-refractivity contribution < 1.29 is 28.7 Å². The van der Waals surface area contributed by atoms with E-state index < -0.39 is 29.0 Å². The molecule has 1 aromatic heterocycles. The van der Waals surface area contributed by atoms with Gasteiger partial charge in [0.05, 0.1) is 16.5 Å². The van der Waals surface area contributed by atoms with E-state index in [1.165, 1.54) is 18.2 Å². The first-order valence-electron chi connectivity index (χ1n) is 10.3. The van der Waals surface area contributed by atoms with Crippen LogP contribution in [0.15, 0.2) is 46.9 Å². The molecule has 1 aliphatic heterocycles. The molecule has 4 rings (SSSR count). The number of para-hydroxylation sites is 2. The van der Waals surface area contributed by atoms with Gasteiger partial charge in [0, 0.05) is 30.9 Å². The van der Waals surface area contributed by atoms with Crippen molar-refractivity contribution in [3.63, 3.8) is 0 Å². The first-order chi connectivity index (χ1) is 15.3. The third kappa shape index (κ3) is 3.58. The lowest BCUT2D eigenvalue weighted by Crippen LogP contribution is -2.61. The monoisotopic (exact) mass is 460 g/mol. The number of aliphatic hydroxyl groups is 1. The zero-order chi connectivity index (χ0) is 23.0. The number of nitro benzene ring substituents is 1. The van der Waals surface area contributed by atoms with E-state index in [9.17, 15) is 15.2 Å². The predicted octanol–water partition coefficient (Wildman–Crippen LogP) is 4.37. The first kappa shape index (κ1) is 22.4. The Morgan fingerprint density at radius 3 is 2.59 bits per heavy atom. The number of nitrogens with zero attached hydrogens (tertiary/aromatic N) is 2. The van der Waals surface area contributed by atoms with Gasteiger partial charge in [-0.2, -0.15) is 0 Å². The van der Waals surface area contributed by atoms with Crippen LogP contribution in [-0.4, -0.2) is 45.8 Å². The average Bonchev–Trinajstić information content (AvgIpc) is 3.10. The highest BCUT2D eigenvalue weighted by molar-refractivity contribution is 7.71. The summed E-state index contributed by atoms with van der Waals surface area (Å²) in [4.78, 5) is 11.1. The highest BCUT2D eigenvalue weighted by atomic mass is 32.1. The number of benzene rings is 2. The molecule has 0 aliphatic carbocycles. The van der Waals surface area contributed by atoms with Crippen molar-refractivity contribution in [3.8, 4) is 5.75 Å². The molecule has 2 aromatic carbocycles. The Hall–Kier alpha value is -2.79. The van der Waals surface area contributed by atoms with Crippen LogP contribution >= 0.6 is 12.2 Å². The lowest BCUT2D eigenvalue weighted by atomic mass is 9.84. The maximum atomic E-state index is 11.7. The lowest BCUT2D eigenvalue weighted by Gasteiger charge is -2.47. The average molecular weight is 461 g/mol. The van der Waals surface area contributed by atoms with Crippen molar-refractivity contribution >= 4 is 29.0 Å². The number of hydrogen-bond donors (Lipinski definition) is 1. The molecule has 2 heterocycles. The van der Waals surface area contributed by atoms with Crippen LogP contribution in [0, 0.1) is 15.0 Å². The minimum absolute atomic E-state index is 0.126. The molecule has 1 N–H and O–H groups in total. The summed E-state index contributed by atoms with van der Waals surface area (Å²) in [5.74, 6) is 0.366. The molecule has 0 bridgehead atoms. The van der Waals surface area contributed by atoms with Crippen LogP contribution in [0.5, 0.6) is 5.75 Å². The molecular formula is C22H24N2O7S. The Balaban J connectivity index is 1.97. The van der Waals surface area contributed by atoms with Gasteiger partial charge in [0.25, 0.3) is 10.5 Å². The molecule has 3 atom stereocenters. The van der Waals surface area contributed by atoms with Gasteiger partial charge < -0.3 is 23.7 Å². The third-order valence-corrected chi connectivity index (χ3v) is 5.92. The summed E-state index contributed by atoms with van der Waals surface area (Å²) in [6, 6.07) is 10.6. The molecule has 3 aromatic rings. The van der Waals surface area contributed by atoms with Crippen LogP contribution in [-0.2, 0) is 9.47 Å². The maximum Gasteiger partial charge on any atom is 0.270 e. The van der Waals surface area contributed by atoms with Gasteiger partial charge in [0.15, 0.2) is 17.5 Å². The van der Waals surface area contributed by atoms with E-state index in [2.05, 4.69) is 0 Å². The number of nitro groups is 1. The van der Waals surface area contributed by atoms with E-state index in [1.807, 2.05) is 32.0 Å². The van der Waals surface area contributed by atoms with Crippen LogP contribution in [0.25, 0.3) is 11.1 Å². The van der Waals surface area contributed by atoms with E-state index in [1.54, 1.807) is 17.6 Å². The quantitative estimate of drug-likeness (QED) is 0.240. The van der Waals surface area contributed by atoms with Crippen LogP contribution < -0.4 is 4.74 Å². The number of oxazole rings is 1. The molecule has 32 heavy (non-hydrogen) atoms. The predicted molar refractivity (Wildman–Crippen MR) is 118 cm³/mol. The molecular weight excluding hydrogens is 436 g/mol. The minimum Gasteiger partial charge on any atom is -0.479 e. The van der Waals surface area contributed by atoms with Crippen molar-refractivity contribution in [1.82, 2.24) is 4.57 Å². The first-order valence-corrected chi connectivity index (χ1v) is 10.7. The van der Waals surface area contributed by atoms with Crippen molar-refractivity contribution in [1.29, 1.82) is 0 Å². The zero-order valence-corrected chi connectivity index (χ0v) is 18.7. The second-order valence-electron chi connectivity index (χ2n) is 7.60. The normalized spacial score (nSPS) is 22.7. The van der Waals surface area contributed by atoms with E-state index in [-0.39, 0.29) is 10.5 Å². The summed E-state index contributed by atoms with van der Waals surface area (Å²) >= 11 is 5.49. The van der Waals surface area contributed by atoms with Gasteiger partial charge in [-0.3, -0.25) is 14.7 Å². The second-order valence-corrected chi connectivity index (χ2v) is 7.95. The van der Waals surface area contributed by atoms with Crippen LogP contribution in [0.4, 0.5) is 5.69 Å². The van der Waals surface area contributed by atoms with Gasteiger partial charge in [0.2, 0.25) is 0 Å². The highest BCUT2D eigenvalue weighted by Gasteiger charge is 2.54. The van der Waals surface area contributed by atoms with Crippen LogP contribution in [0.2, 0.25) is 0 Å². The Morgan fingerprint density at radius 2 is 1.94 bits per heavy atom. The van der Waals surface area contributed by atoms with Gasteiger partial charge in [-0.05, 0) is 51.2 Å². The van der Waals surface area contributed by atoms with Gasteiger partial charge in [0.1, 0.15) is 11.9 Å². The second kappa shape index (κ2) is 8.62. The standard InChI is InChI=1S/C22H24N2O7S/c1-4-28-20(29-5-2)22(3)19(25)18(14-12-13(24(26)27)10-11-16(14)31-22)23-15-8-6-7-9-17(15)30-21(23)32/h6-12,18-20,25H,4-5H2,1-3H3/t18-,19-,22-/m1/s1. The fourth-order valence-corrected chi connectivity index (χ4v) is 4.45. The van der Waals surface area contributed by atoms with Crippen molar-refractivity contribution in [3.05, 3.63) is 63.0 Å². The summed E-state index contributed by atoms with van der Waals surface area (Å²) in [6.07, 6.45) is -2.14. The molecule has 9 nitrogen and oxygen atoms in total. The number of aromatic nitrogens is 1. The van der Waals surface area contributed by atoms with Gasteiger partial charge in [-0.25, -0.2) is 0 Å². The van der Waals surface area contributed by atoms with Gasteiger partial charge >= 0.3 is 0 Å². The van der Waals surface area contributed by atoms with Crippen molar-refractivity contribution in [2.45, 2.75) is 44.8 Å². The molecule has 0 saturated heterocycles. The number of hydrogen-bond acceptors (Lipinski definition) is 8. The smallest absolute Gasteiger partial charge is 0.270 e. The van der Waals surface area contributed by atoms with Crippen molar-refractivity contribution in [2.75, 3.05) is 13.2 Å². The molecule has 170 valence electrons. The lowest BCUT2D eigenvalue weighted by molar-refractivity contribution is -0.385. The molecule has 0 fully saturated rings.